The van der Waals surface area contributed by atoms with Gasteiger partial charge in [0.05, 0.1) is 29.0 Å². The molecule has 1 spiro atoms. The highest BCUT2D eigenvalue weighted by atomic mass is 16.7. The van der Waals surface area contributed by atoms with Crippen molar-refractivity contribution in [3.63, 3.8) is 0 Å². The molecule has 4 aliphatic rings. The van der Waals surface area contributed by atoms with Gasteiger partial charge < -0.3 is 48.1 Å². The zero-order chi connectivity index (χ0) is 41.9. The second-order valence-corrected chi connectivity index (χ2v) is 15.7. The van der Waals surface area contributed by atoms with Gasteiger partial charge in [0.25, 0.3) is 0 Å². The number of aliphatic hydroxyl groups is 2. The molecule has 0 aromatic carbocycles. The highest BCUT2D eigenvalue weighted by Gasteiger charge is 2.91. The van der Waals surface area contributed by atoms with Crippen molar-refractivity contribution in [3.05, 3.63) is 29.6 Å². The Kier molecular flexibility index (Phi) is 11.4. The molecule has 5 rings (SSSR count). The fourth-order valence-electron chi connectivity index (χ4n) is 9.04. The number of rotatable bonds is 7. The van der Waals surface area contributed by atoms with Crippen LogP contribution in [0, 0.1) is 23.2 Å². The molecule has 18 heteroatoms. The van der Waals surface area contributed by atoms with Gasteiger partial charge in [0.15, 0.2) is 17.8 Å². The Bertz CT molecular complexity index is 1790. The van der Waals surface area contributed by atoms with Gasteiger partial charge in [-0.05, 0) is 26.0 Å². The fraction of sp³-hybridized carbons (Fsp3) is 0.684. The molecule has 1 aromatic rings. The molecule has 3 fully saturated rings. The van der Waals surface area contributed by atoms with E-state index in [9.17, 15) is 43.8 Å². The highest BCUT2D eigenvalue weighted by Crippen LogP contribution is 2.70. The molecule has 0 amide bonds. The van der Waals surface area contributed by atoms with Crippen LogP contribution in [0.5, 0.6) is 0 Å². The van der Waals surface area contributed by atoms with Crippen LogP contribution in [0.15, 0.2) is 18.3 Å². The first kappa shape index (κ1) is 42.5. The van der Waals surface area contributed by atoms with Gasteiger partial charge in [-0.1, -0.05) is 27.7 Å². The number of ether oxygens (including phenoxy) is 8. The minimum absolute atomic E-state index is 0.0251. The molecule has 2 aliphatic carbocycles. The molecule has 3 heterocycles. The number of esters is 7. The first-order valence-corrected chi connectivity index (χ1v) is 18.3. The van der Waals surface area contributed by atoms with Gasteiger partial charge in [-0.25, -0.2) is 4.79 Å². The van der Waals surface area contributed by atoms with Crippen molar-refractivity contribution in [2.24, 2.45) is 23.2 Å². The second-order valence-electron chi connectivity index (χ2n) is 15.7. The third-order valence-corrected chi connectivity index (χ3v) is 11.6. The van der Waals surface area contributed by atoms with Crippen molar-refractivity contribution in [3.8, 4) is 0 Å². The lowest BCUT2D eigenvalue weighted by atomic mass is 9.45. The van der Waals surface area contributed by atoms with Crippen molar-refractivity contribution in [1.29, 1.82) is 0 Å². The van der Waals surface area contributed by atoms with Gasteiger partial charge in [-0.3, -0.25) is 33.8 Å². The summed E-state index contributed by atoms with van der Waals surface area (Å²) < 4.78 is 48.4. The maximum absolute atomic E-state index is 14.2. The summed E-state index contributed by atoms with van der Waals surface area (Å²) in [5, 5.41) is 25.6. The standard InChI is InChI=1S/C38H49NO17/c1-16(2)32(45)54-27-24-28(51-20(6)41)38-36(10,48)29(26(44)30(52-21(7)42)37(38,15-49-19(5)40)31(27)53-22(8)43)55-33(46)18(4)17(3)25-23(12-11-13-39-25)34(47)50-14-35(24,9)56-38/h11-13,16-18,24,26-31,44,48H,14-15H2,1-10H3/t17-,18-,24+,26-,27+,28+,29-,30-,31+,35-,36-,37-,38-/m0/s1. The number of aliphatic hydroxyl groups excluding tert-OH is 1. The van der Waals surface area contributed by atoms with Crippen LogP contribution >= 0.6 is 0 Å². The molecular weight excluding hydrogens is 742 g/mol. The number of pyridine rings is 1. The molecule has 0 unspecified atom stereocenters. The third kappa shape index (κ3) is 6.58. The zero-order valence-corrected chi connectivity index (χ0v) is 32.9. The monoisotopic (exact) mass is 791 g/mol. The number of carbonyl (C=O) groups is 7. The molecule has 13 atom stereocenters. The first-order chi connectivity index (χ1) is 26.0. The maximum Gasteiger partial charge on any atom is 0.340 e. The Morgan fingerprint density at radius 2 is 1.48 bits per heavy atom. The van der Waals surface area contributed by atoms with E-state index in [0.717, 1.165) is 34.6 Å². The molecular formula is C38H49NO17. The van der Waals surface area contributed by atoms with Crippen molar-refractivity contribution in [2.45, 2.75) is 129 Å². The third-order valence-electron chi connectivity index (χ3n) is 11.6. The lowest BCUT2D eigenvalue weighted by Crippen LogP contribution is -2.89. The van der Waals surface area contributed by atoms with E-state index in [-0.39, 0.29) is 11.3 Å². The number of cyclic esters (lactones) is 1. The molecule has 18 nitrogen and oxygen atoms in total. The van der Waals surface area contributed by atoms with E-state index in [4.69, 9.17) is 37.9 Å². The molecule has 56 heavy (non-hydrogen) atoms. The van der Waals surface area contributed by atoms with Crippen LogP contribution in [0.25, 0.3) is 0 Å². The zero-order valence-electron chi connectivity index (χ0n) is 32.9. The predicted molar refractivity (Wildman–Crippen MR) is 185 cm³/mol. The molecule has 1 aromatic heterocycles. The van der Waals surface area contributed by atoms with E-state index in [0.29, 0.717) is 0 Å². The van der Waals surface area contributed by atoms with E-state index in [1.807, 2.05) is 0 Å². The van der Waals surface area contributed by atoms with E-state index >= 15 is 0 Å². The van der Waals surface area contributed by atoms with Gasteiger partial charge in [0.2, 0.25) is 0 Å². The Morgan fingerprint density at radius 3 is 2.05 bits per heavy atom. The van der Waals surface area contributed by atoms with E-state index in [1.54, 1.807) is 6.92 Å². The Labute approximate surface area is 322 Å². The number of hydrogen-bond donors (Lipinski definition) is 2. The first-order valence-electron chi connectivity index (χ1n) is 18.3. The van der Waals surface area contributed by atoms with Gasteiger partial charge in [0, 0.05) is 39.8 Å². The average molecular weight is 792 g/mol. The lowest BCUT2D eigenvalue weighted by Gasteiger charge is -2.67. The van der Waals surface area contributed by atoms with Crippen LogP contribution in [0.2, 0.25) is 0 Å². The van der Waals surface area contributed by atoms with Gasteiger partial charge in [-0.2, -0.15) is 0 Å². The molecule has 0 radical (unpaired) electrons. The minimum atomic E-state index is -2.78. The lowest BCUT2D eigenvalue weighted by molar-refractivity contribution is -0.386. The van der Waals surface area contributed by atoms with Crippen LogP contribution < -0.4 is 0 Å². The molecule has 2 saturated carbocycles. The largest absolute Gasteiger partial charge is 0.465 e. The normalized spacial score (nSPS) is 38.9. The number of hydrogen-bond acceptors (Lipinski definition) is 18. The van der Waals surface area contributed by atoms with E-state index in [2.05, 4.69) is 4.98 Å². The molecule has 2 N–H and O–H groups in total. The van der Waals surface area contributed by atoms with Gasteiger partial charge in [0.1, 0.15) is 54.2 Å². The van der Waals surface area contributed by atoms with Gasteiger partial charge in [-0.15, -0.1) is 0 Å². The summed E-state index contributed by atoms with van der Waals surface area (Å²) in [6, 6.07) is 2.92. The van der Waals surface area contributed by atoms with E-state index < -0.39 is 138 Å². The minimum Gasteiger partial charge on any atom is -0.465 e. The summed E-state index contributed by atoms with van der Waals surface area (Å²) in [5.74, 6) is -11.1. The smallest absolute Gasteiger partial charge is 0.340 e. The summed E-state index contributed by atoms with van der Waals surface area (Å²) in [6.07, 6.45) is -10.7. The Morgan fingerprint density at radius 1 is 0.893 bits per heavy atom. The maximum atomic E-state index is 14.2. The molecule has 1 saturated heterocycles. The molecule has 2 aliphatic heterocycles. The fourth-order valence-corrected chi connectivity index (χ4v) is 9.04. The van der Waals surface area contributed by atoms with Crippen LogP contribution in [0.1, 0.15) is 91.2 Å². The van der Waals surface area contributed by atoms with E-state index in [1.165, 1.54) is 46.0 Å². The average Bonchev–Trinajstić information content (AvgIpc) is 3.32. The SMILES string of the molecule is CC(=O)OC[C@]12[C@H](OC(C)=O)[C@H](OC(=O)C(C)C)[C@@H]3[C@@H](OC(C)=O)[C@@]14O[C@@]3(C)COC(=O)c1cccnc1[C@@H](C)[C@H](C)C(=O)O[C@@H]([C@H](O)[C@@H]2OC(C)=O)[C@]4(C)O. The Hall–Kier alpha value is -4.68. The van der Waals surface area contributed by atoms with Crippen LogP contribution in [-0.4, -0.2) is 124 Å². The van der Waals surface area contributed by atoms with Gasteiger partial charge >= 0.3 is 41.8 Å². The second kappa shape index (κ2) is 15.0. The summed E-state index contributed by atoms with van der Waals surface area (Å²) in [5.41, 5.74) is -9.94. The molecule has 308 valence electrons. The summed E-state index contributed by atoms with van der Waals surface area (Å²) in [6.45, 7) is 10.8. The quantitative estimate of drug-likeness (QED) is 0.290. The number of fused-ring (bicyclic) bond motifs is 5. The Balaban J connectivity index is 1.97. The van der Waals surface area contributed by atoms with Crippen LogP contribution in [0.4, 0.5) is 0 Å². The van der Waals surface area contributed by atoms with Crippen molar-refractivity contribution in [1.82, 2.24) is 4.98 Å². The summed E-state index contributed by atoms with van der Waals surface area (Å²) in [7, 11) is 0. The number of carbonyl (C=O) groups excluding carboxylic acids is 7. The number of aromatic nitrogens is 1. The molecule has 4 bridgehead atoms. The summed E-state index contributed by atoms with van der Waals surface area (Å²) in [4.78, 5) is 98.3. The number of nitrogens with zero attached hydrogens (tertiary/aromatic N) is 1. The van der Waals surface area contributed by atoms with Crippen molar-refractivity contribution in [2.75, 3.05) is 13.2 Å². The van der Waals surface area contributed by atoms with Crippen LogP contribution in [0.3, 0.4) is 0 Å². The van der Waals surface area contributed by atoms with Crippen molar-refractivity contribution >= 4 is 41.8 Å². The predicted octanol–water partition coefficient (Wildman–Crippen LogP) is 1.10. The summed E-state index contributed by atoms with van der Waals surface area (Å²) >= 11 is 0. The van der Waals surface area contributed by atoms with Crippen LogP contribution in [-0.2, 0) is 66.7 Å². The highest BCUT2D eigenvalue weighted by molar-refractivity contribution is 5.91. The topological polar surface area (TPSA) is 247 Å². The van der Waals surface area contributed by atoms with Crippen molar-refractivity contribution < 1.29 is 81.7 Å².